The molecule has 0 aliphatic rings. The van der Waals surface area contributed by atoms with Crippen LogP contribution >= 0.6 is 27.3 Å². The van der Waals surface area contributed by atoms with Crippen LogP contribution in [0.2, 0.25) is 0 Å². The van der Waals surface area contributed by atoms with E-state index in [4.69, 9.17) is 5.73 Å². The summed E-state index contributed by atoms with van der Waals surface area (Å²) < 4.78 is 27.3. The molecule has 0 bridgehead atoms. The number of rotatable bonds is 5. The number of sulfonamides is 1. The zero-order chi connectivity index (χ0) is 15.6. The van der Waals surface area contributed by atoms with Gasteiger partial charge in [-0.05, 0) is 58.9 Å². The average Bonchev–Trinajstić information content (AvgIpc) is 2.90. The minimum Gasteiger partial charge on any atom is -0.399 e. The van der Waals surface area contributed by atoms with Crippen LogP contribution in [-0.4, -0.2) is 25.8 Å². The first-order valence-corrected chi connectivity index (χ1v) is 9.49. The van der Waals surface area contributed by atoms with Crippen LogP contribution in [-0.2, 0) is 16.4 Å². The van der Waals surface area contributed by atoms with Gasteiger partial charge in [0, 0.05) is 28.1 Å². The first-order chi connectivity index (χ1) is 9.82. The van der Waals surface area contributed by atoms with Crippen molar-refractivity contribution in [3.63, 3.8) is 0 Å². The fourth-order valence-electron chi connectivity index (χ4n) is 1.97. The van der Waals surface area contributed by atoms with Crippen LogP contribution in [0.3, 0.4) is 0 Å². The van der Waals surface area contributed by atoms with Gasteiger partial charge < -0.3 is 5.73 Å². The molecule has 0 saturated heterocycles. The monoisotopic (exact) mass is 388 g/mol. The second-order valence-electron chi connectivity index (χ2n) is 4.84. The molecule has 0 fully saturated rings. The third-order valence-electron chi connectivity index (χ3n) is 3.31. The number of nitrogens with two attached hydrogens (primary N) is 1. The van der Waals surface area contributed by atoms with E-state index in [2.05, 4.69) is 15.9 Å². The highest BCUT2D eigenvalue weighted by Gasteiger charge is 2.27. The van der Waals surface area contributed by atoms with Crippen molar-refractivity contribution in [2.24, 2.45) is 0 Å². The Hall–Kier alpha value is -0.890. The Labute approximate surface area is 137 Å². The summed E-state index contributed by atoms with van der Waals surface area (Å²) >= 11 is 4.91. The van der Waals surface area contributed by atoms with E-state index in [0.29, 0.717) is 16.6 Å². The lowest BCUT2D eigenvalue weighted by Crippen LogP contribution is -2.36. The van der Waals surface area contributed by atoms with Gasteiger partial charge in [-0.25, -0.2) is 8.42 Å². The van der Waals surface area contributed by atoms with E-state index >= 15 is 0 Å². The number of halogens is 1. The van der Waals surface area contributed by atoms with E-state index in [1.807, 2.05) is 24.4 Å². The molecule has 1 heterocycles. The molecule has 114 valence electrons. The maximum absolute atomic E-state index is 12.7. The summed E-state index contributed by atoms with van der Waals surface area (Å²) in [5.74, 6) is 0. The van der Waals surface area contributed by atoms with Crippen LogP contribution in [0.5, 0.6) is 0 Å². The molecule has 1 aromatic heterocycles. The van der Waals surface area contributed by atoms with Crippen LogP contribution in [0.25, 0.3) is 0 Å². The van der Waals surface area contributed by atoms with Gasteiger partial charge in [-0.15, -0.1) is 11.3 Å². The molecule has 0 amide bonds. The number of thiophene rings is 1. The summed E-state index contributed by atoms with van der Waals surface area (Å²) in [6.07, 6.45) is 0.694. The van der Waals surface area contributed by atoms with Crippen LogP contribution in [0.15, 0.2) is 45.1 Å². The van der Waals surface area contributed by atoms with Gasteiger partial charge in [0.05, 0.1) is 4.90 Å². The maximum Gasteiger partial charge on any atom is 0.244 e. The van der Waals surface area contributed by atoms with Crippen molar-refractivity contribution in [2.45, 2.75) is 24.3 Å². The van der Waals surface area contributed by atoms with Gasteiger partial charge in [-0.3, -0.25) is 0 Å². The number of anilines is 1. The van der Waals surface area contributed by atoms with E-state index in [0.717, 1.165) is 0 Å². The van der Waals surface area contributed by atoms with Crippen molar-refractivity contribution in [1.29, 1.82) is 0 Å². The first kappa shape index (κ1) is 16.5. The van der Waals surface area contributed by atoms with Crippen LogP contribution < -0.4 is 5.73 Å². The topological polar surface area (TPSA) is 63.4 Å². The zero-order valence-electron chi connectivity index (χ0n) is 11.8. The lowest BCUT2D eigenvalue weighted by atomic mass is 10.2. The number of benzene rings is 1. The van der Waals surface area contributed by atoms with E-state index in [-0.39, 0.29) is 10.9 Å². The molecule has 2 N–H and O–H groups in total. The lowest BCUT2D eigenvalue weighted by Gasteiger charge is -2.24. The molecule has 1 aromatic carbocycles. The second-order valence-corrected chi connectivity index (χ2v) is 8.70. The minimum atomic E-state index is -3.55. The summed E-state index contributed by atoms with van der Waals surface area (Å²) in [5, 5.41) is 1.99. The molecular weight excluding hydrogens is 372 g/mol. The van der Waals surface area contributed by atoms with Gasteiger partial charge in [0.15, 0.2) is 0 Å². The third-order valence-corrected chi connectivity index (χ3v) is 7.16. The maximum atomic E-state index is 12.7. The van der Waals surface area contributed by atoms with Crippen LogP contribution in [0.1, 0.15) is 11.8 Å². The summed E-state index contributed by atoms with van der Waals surface area (Å²) in [6.45, 7) is 1.91. The van der Waals surface area contributed by atoms with Gasteiger partial charge in [0.1, 0.15) is 0 Å². The smallest absolute Gasteiger partial charge is 0.244 e. The van der Waals surface area contributed by atoms with Crippen molar-refractivity contribution < 1.29 is 8.42 Å². The molecule has 1 unspecified atom stereocenters. The highest BCUT2D eigenvalue weighted by Crippen LogP contribution is 2.28. The minimum absolute atomic E-state index is 0.127. The van der Waals surface area contributed by atoms with Crippen molar-refractivity contribution >= 4 is 43.0 Å². The molecule has 0 radical (unpaired) electrons. The number of nitrogens with zero attached hydrogens (tertiary/aromatic N) is 1. The molecule has 0 aliphatic carbocycles. The van der Waals surface area contributed by atoms with Gasteiger partial charge in [0.2, 0.25) is 10.0 Å². The predicted octanol–water partition coefficient (Wildman–Crippen LogP) is 3.34. The SMILES string of the molecule is CC(Cc1cccs1)N(C)S(=O)(=O)c1ccc(N)cc1Br. The molecule has 0 aliphatic heterocycles. The standard InChI is InChI=1S/C14H17BrN2O2S2/c1-10(8-12-4-3-7-20-12)17(2)21(18,19)14-6-5-11(16)9-13(14)15/h3-7,9-10H,8,16H2,1-2H3. The van der Waals surface area contributed by atoms with E-state index in [1.165, 1.54) is 15.2 Å². The summed E-state index contributed by atoms with van der Waals surface area (Å²) in [5.41, 5.74) is 6.18. The Kier molecular flexibility index (Phi) is 5.08. The number of hydrogen-bond donors (Lipinski definition) is 1. The van der Waals surface area contributed by atoms with Crippen LogP contribution in [0, 0.1) is 0 Å². The highest BCUT2D eigenvalue weighted by molar-refractivity contribution is 9.10. The zero-order valence-corrected chi connectivity index (χ0v) is 15.0. The first-order valence-electron chi connectivity index (χ1n) is 6.38. The summed E-state index contributed by atoms with van der Waals surface area (Å²) in [6, 6.07) is 8.58. The molecule has 2 rings (SSSR count). The predicted molar refractivity (Wildman–Crippen MR) is 91.0 cm³/mol. The molecule has 2 aromatic rings. The lowest BCUT2D eigenvalue weighted by molar-refractivity contribution is 0.388. The Morgan fingerprint density at radius 2 is 2.10 bits per heavy atom. The molecule has 0 spiro atoms. The van der Waals surface area contributed by atoms with E-state index < -0.39 is 10.0 Å². The fourth-order valence-corrected chi connectivity index (χ4v) is 5.21. The van der Waals surface area contributed by atoms with Gasteiger partial charge in [0.25, 0.3) is 0 Å². The molecule has 1 atom stereocenters. The molecule has 4 nitrogen and oxygen atoms in total. The molecular formula is C14H17BrN2O2S2. The number of nitrogen functional groups attached to an aromatic ring is 1. The van der Waals surface area contributed by atoms with E-state index in [1.54, 1.807) is 30.5 Å². The van der Waals surface area contributed by atoms with Crippen molar-refractivity contribution in [3.8, 4) is 0 Å². The van der Waals surface area contributed by atoms with Crippen molar-refractivity contribution in [3.05, 3.63) is 45.1 Å². The van der Waals surface area contributed by atoms with Crippen molar-refractivity contribution in [2.75, 3.05) is 12.8 Å². The summed E-state index contributed by atoms with van der Waals surface area (Å²) in [4.78, 5) is 1.40. The average molecular weight is 389 g/mol. The Balaban J connectivity index is 2.25. The number of hydrogen-bond acceptors (Lipinski definition) is 4. The number of likely N-dealkylation sites (N-methyl/N-ethyl adjacent to an activating group) is 1. The van der Waals surface area contributed by atoms with Gasteiger partial charge in [-0.2, -0.15) is 4.31 Å². The third kappa shape index (κ3) is 3.66. The normalized spacial score (nSPS) is 13.5. The molecule has 21 heavy (non-hydrogen) atoms. The Morgan fingerprint density at radius 3 is 2.67 bits per heavy atom. The Morgan fingerprint density at radius 1 is 1.38 bits per heavy atom. The summed E-state index contributed by atoms with van der Waals surface area (Å²) in [7, 11) is -1.95. The van der Waals surface area contributed by atoms with Gasteiger partial charge in [-0.1, -0.05) is 6.07 Å². The van der Waals surface area contributed by atoms with Crippen LogP contribution in [0.4, 0.5) is 5.69 Å². The van der Waals surface area contributed by atoms with Crippen molar-refractivity contribution in [1.82, 2.24) is 4.31 Å². The molecule has 0 saturated carbocycles. The Bertz CT molecular complexity index is 715. The van der Waals surface area contributed by atoms with Gasteiger partial charge >= 0.3 is 0 Å². The largest absolute Gasteiger partial charge is 0.399 e. The van der Waals surface area contributed by atoms with E-state index in [9.17, 15) is 8.42 Å². The highest BCUT2D eigenvalue weighted by atomic mass is 79.9. The second kappa shape index (κ2) is 6.48. The quantitative estimate of drug-likeness (QED) is 0.798. The molecule has 7 heteroatoms. The fraction of sp³-hybridized carbons (Fsp3) is 0.286.